The zero-order valence-corrected chi connectivity index (χ0v) is 50.2. The lowest BCUT2D eigenvalue weighted by Crippen LogP contribution is -2.36. The number of phosphoric ester groups is 2. The Balaban J connectivity index is 1.79. The maximum Gasteiger partial charge on any atom is 0.481 e. The number of carbonyl (C=O) groups excluding carboxylic acids is 2. The number of anilines is 1. The standard InChI is InChI=1S/C59H99N3O17P2/c1-4-6-29-37-49(63)39-32-27-28-33-40-50(64)38-31-24-21-22-26-35-42-55(66)77-51(45-74-54(65)41-34-25-20-18-16-14-12-10-8-7-9-11-13-15-17-19-23-30-36-48(3)5-2)46-75-80(70,71)79-81(72,73)76-47-52-56(67)57(68)58(78-52)62-44-43-53(60)61-59(62)69/h6,22,24,26-29,31-33,39-40,43-44,48-52,56-58,63-64,67-68H,4-5,7-21,23,25,30,34-38,41-42,45-47H2,1-3H3,(H,70,71)(H,72,73)(H2,60,61,69)/b26-22-,28-27-,29-6-,31-24-,39-32+,40-33+/t48?,49-,50+,51+,52+,56+,57+,58+/m0/s1. The van der Waals surface area contributed by atoms with E-state index in [4.69, 9.17) is 29.0 Å². The van der Waals surface area contributed by atoms with Gasteiger partial charge in [0.1, 0.15) is 30.7 Å². The molecule has 10 atom stereocenters. The van der Waals surface area contributed by atoms with Crippen molar-refractivity contribution in [2.45, 2.75) is 237 Å². The summed E-state index contributed by atoms with van der Waals surface area (Å²) in [6.45, 7) is 4.20. The number of carbonyl (C=O) groups is 2. The average molecular weight is 1180 g/mol. The summed E-state index contributed by atoms with van der Waals surface area (Å²) in [7, 11) is -10.9. The third-order valence-corrected chi connectivity index (χ3v) is 16.1. The molecule has 1 aliphatic heterocycles. The van der Waals surface area contributed by atoms with Gasteiger partial charge in [-0.05, 0) is 50.5 Å². The van der Waals surface area contributed by atoms with E-state index in [9.17, 15) is 53.7 Å². The first-order chi connectivity index (χ1) is 38.9. The van der Waals surface area contributed by atoms with E-state index in [0.717, 1.165) is 48.8 Å². The third kappa shape index (κ3) is 37.1. The van der Waals surface area contributed by atoms with Crippen LogP contribution in [0.4, 0.5) is 5.82 Å². The van der Waals surface area contributed by atoms with Crippen LogP contribution in [0, 0.1) is 5.92 Å². The van der Waals surface area contributed by atoms with Crippen LogP contribution in [0.15, 0.2) is 90.0 Å². The number of aromatic nitrogens is 2. The van der Waals surface area contributed by atoms with Crippen LogP contribution in [0.5, 0.6) is 0 Å². The molecule has 0 bridgehead atoms. The molecule has 0 saturated carbocycles. The van der Waals surface area contributed by atoms with Gasteiger partial charge < -0.3 is 50.2 Å². The Morgan fingerprint density at radius 2 is 1.23 bits per heavy atom. The Morgan fingerprint density at radius 3 is 1.79 bits per heavy atom. The molecule has 1 saturated heterocycles. The monoisotopic (exact) mass is 1180 g/mol. The number of phosphoric acid groups is 2. The predicted molar refractivity (Wildman–Crippen MR) is 314 cm³/mol. The molecule has 1 fully saturated rings. The van der Waals surface area contributed by atoms with E-state index in [0.29, 0.717) is 25.7 Å². The van der Waals surface area contributed by atoms with Crippen molar-refractivity contribution in [2.75, 3.05) is 25.6 Å². The number of nitrogens with zero attached hydrogens (tertiary/aromatic N) is 2. The van der Waals surface area contributed by atoms with Crippen LogP contribution in [0.25, 0.3) is 0 Å². The highest BCUT2D eigenvalue weighted by Gasteiger charge is 2.46. The molecule has 462 valence electrons. The lowest BCUT2D eigenvalue weighted by Gasteiger charge is -2.21. The van der Waals surface area contributed by atoms with Gasteiger partial charge >= 0.3 is 33.3 Å². The number of nitrogen functional groups attached to an aromatic ring is 1. The van der Waals surface area contributed by atoms with E-state index in [1.807, 2.05) is 37.3 Å². The van der Waals surface area contributed by atoms with Crippen molar-refractivity contribution in [1.82, 2.24) is 9.55 Å². The van der Waals surface area contributed by atoms with Gasteiger partial charge in [-0.1, -0.05) is 216 Å². The normalized spacial score (nSPS) is 20.0. The van der Waals surface area contributed by atoms with Gasteiger partial charge in [-0.2, -0.15) is 9.29 Å². The molecule has 20 nitrogen and oxygen atoms in total. The molecule has 0 spiro atoms. The fourth-order valence-corrected chi connectivity index (χ4v) is 10.7. The van der Waals surface area contributed by atoms with Crippen molar-refractivity contribution in [3.05, 3.63) is 95.7 Å². The summed E-state index contributed by atoms with van der Waals surface area (Å²) >= 11 is 0. The molecule has 0 aromatic carbocycles. The molecular weight excluding hydrogens is 1080 g/mol. The van der Waals surface area contributed by atoms with Gasteiger partial charge in [-0.3, -0.25) is 23.2 Å². The van der Waals surface area contributed by atoms with E-state index in [1.54, 1.807) is 42.5 Å². The largest absolute Gasteiger partial charge is 0.481 e. The lowest BCUT2D eigenvalue weighted by molar-refractivity contribution is -0.161. The second-order valence-corrected chi connectivity index (χ2v) is 23.8. The maximum absolute atomic E-state index is 12.9. The molecular formula is C59H99N3O17P2. The molecule has 22 heteroatoms. The minimum absolute atomic E-state index is 0.0889. The number of aliphatic hydroxyl groups excluding tert-OH is 4. The molecule has 0 aliphatic carbocycles. The fourth-order valence-electron chi connectivity index (χ4n) is 8.55. The Hall–Kier alpha value is -3.88. The average Bonchev–Trinajstić information content (AvgIpc) is 3.86. The minimum atomic E-state index is -5.47. The number of esters is 2. The Kier molecular flexibility index (Phi) is 40.3. The van der Waals surface area contributed by atoms with Crippen LogP contribution in [-0.4, -0.2) is 108 Å². The molecule has 1 aromatic heterocycles. The number of hydrogen-bond donors (Lipinski definition) is 7. The second-order valence-electron chi connectivity index (χ2n) is 20.8. The van der Waals surface area contributed by atoms with E-state index < -0.39 is 95.9 Å². The summed E-state index contributed by atoms with van der Waals surface area (Å²) in [6, 6.07) is 1.24. The van der Waals surface area contributed by atoms with E-state index >= 15 is 0 Å². The zero-order valence-electron chi connectivity index (χ0n) is 48.5. The van der Waals surface area contributed by atoms with Crippen LogP contribution >= 0.6 is 15.6 Å². The highest BCUT2D eigenvalue weighted by atomic mass is 31.3. The van der Waals surface area contributed by atoms with Crippen LogP contribution < -0.4 is 11.4 Å². The van der Waals surface area contributed by atoms with Crippen LogP contribution in [0.2, 0.25) is 0 Å². The number of rotatable bonds is 48. The number of ether oxygens (including phenoxy) is 3. The highest BCUT2D eigenvalue weighted by Crippen LogP contribution is 2.60. The van der Waals surface area contributed by atoms with Crippen molar-refractivity contribution in [1.29, 1.82) is 0 Å². The van der Waals surface area contributed by atoms with Crippen molar-refractivity contribution in [3.8, 4) is 0 Å². The minimum Gasteiger partial charge on any atom is -0.462 e. The summed E-state index contributed by atoms with van der Waals surface area (Å²) in [5.41, 5.74) is 4.58. The smallest absolute Gasteiger partial charge is 0.462 e. The fraction of sp³-hybridized carbons (Fsp3) is 0.695. The molecule has 2 heterocycles. The third-order valence-electron chi connectivity index (χ3n) is 13.5. The first-order valence-electron chi connectivity index (χ1n) is 29.6. The Bertz CT molecular complexity index is 2200. The molecule has 0 amide bonds. The summed E-state index contributed by atoms with van der Waals surface area (Å²) in [5, 5.41) is 41.1. The van der Waals surface area contributed by atoms with E-state index in [2.05, 4.69) is 23.1 Å². The predicted octanol–water partition coefficient (Wildman–Crippen LogP) is 11.4. The Morgan fingerprint density at radius 1 is 0.704 bits per heavy atom. The van der Waals surface area contributed by atoms with Gasteiger partial charge in [0.05, 0.1) is 25.4 Å². The SMILES string of the molecule is CC/C=C\C[C@H](O)/C=C/C=C\C=C\[C@H](O)C/C=C\C/C=C\CCC(=O)O[C@H](COC(=O)CCCCCCCCCCCCCCCCCCCCC(C)CC)COP(=O)(O)OP(=O)(O)OC[C@H]1O[C@@H](n2ccc(N)nc2=O)[C@H](O)[C@@H]1O. The van der Waals surface area contributed by atoms with Crippen LogP contribution in [-0.2, 0) is 46.3 Å². The summed E-state index contributed by atoms with van der Waals surface area (Å²) in [5.74, 6) is -0.607. The van der Waals surface area contributed by atoms with Gasteiger partial charge in [-0.15, -0.1) is 0 Å². The van der Waals surface area contributed by atoms with Crippen molar-refractivity contribution >= 4 is 33.4 Å². The number of aliphatic hydroxyl groups is 4. The van der Waals surface area contributed by atoms with Gasteiger partial charge in [0, 0.05) is 19.0 Å². The van der Waals surface area contributed by atoms with E-state index in [1.165, 1.54) is 102 Å². The first-order valence-corrected chi connectivity index (χ1v) is 32.6. The van der Waals surface area contributed by atoms with Crippen LogP contribution in [0.1, 0.15) is 200 Å². The van der Waals surface area contributed by atoms with Gasteiger partial charge in [0.2, 0.25) is 0 Å². The quantitative estimate of drug-likeness (QED) is 0.0105. The number of hydrogen-bond acceptors (Lipinski definition) is 17. The molecule has 1 aliphatic rings. The molecule has 0 radical (unpaired) electrons. The lowest BCUT2D eigenvalue weighted by atomic mass is 9.99. The van der Waals surface area contributed by atoms with Crippen molar-refractivity contribution in [3.63, 3.8) is 0 Å². The molecule has 3 unspecified atom stereocenters. The second kappa shape index (κ2) is 44.6. The highest BCUT2D eigenvalue weighted by molar-refractivity contribution is 7.61. The summed E-state index contributed by atoms with van der Waals surface area (Å²) < 4.78 is 56.8. The Labute approximate surface area is 481 Å². The topological polar surface area (TPSA) is 306 Å². The van der Waals surface area contributed by atoms with Crippen molar-refractivity contribution in [2.24, 2.45) is 5.92 Å². The van der Waals surface area contributed by atoms with Gasteiger partial charge in [0.15, 0.2) is 12.3 Å². The zero-order chi connectivity index (χ0) is 59.6. The number of nitrogens with two attached hydrogens (primary N) is 1. The molecule has 2 rings (SSSR count). The molecule has 1 aromatic rings. The van der Waals surface area contributed by atoms with Gasteiger partial charge in [-0.25, -0.2) is 13.9 Å². The first kappa shape index (κ1) is 73.2. The number of allylic oxidation sites excluding steroid dienone is 8. The van der Waals surface area contributed by atoms with Crippen LogP contribution in [0.3, 0.4) is 0 Å². The summed E-state index contributed by atoms with van der Waals surface area (Å²) in [6.07, 6.45) is 40.4. The molecule has 81 heavy (non-hydrogen) atoms. The maximum atomic E-state index is 12.9. The number of unbranched alkanes of at least 4 members (excludes halogenated alkanes) is 17. The van der Waals surface area contributed by atoms with Gasteiger partial charge in [0.25, 0.3) is 0 Å². The van der Waals surface area contributed by atoms with E-state index in [-0.39, 0.29) is 25.1 Å². The summed E-state index contributed by atoms with van der Waals surface area (Å²) in [4.78, 5) is 62.2. The van der Waals surface area contributed by atoms with Crippen molar-refractivity contribution < 1.29 is 76.5 Å². The molecule has 8 N–H and O–H groups in total.